The second-order valence-corrected chi connectivity index (χ2v) is 8.94. The van der Waals surface area contributed by atoms with Crippen molar-refractivity contribution in [2.24, 2.45) is 0 Å². The lowest BCUT2D eigenvalue weighted by Gasteiger charge is -2.45. The van der Waals surface area contributed by atoms with Crippen molar-refractivity contribution in [3.63, 3.8) is 0 Å². The first-order valence-corrected chi connectivity index (χ1v) is 9.26. The number of piperidine rings is 1. The third-order valence-electron chi connectivity index (χ3n) is 4.81. The van der Waals surface area contributed by atoms with E-state index in [4.69, 9.17) is 4.74 Å². The fourth-order valence-electron chi connectivity index (χ4n) is 3.10. The molecule has 0 aromatic heterocycles. The molecule has 0 spiro atoms. The van der Waals surface area contributed by atoms with Crippen molar-refractivity contribution in [1.29, 1.82) is 0 Å². The molecule has 24 heavy (non-hydrogen) atoms. The van der Waals surface area contributed by atoms with E-state index < -0.39 is 17.7 Å². The molecule has 1 N–H and O–H groups in total. The van der Waals surface area contributed by atoms with Crippen LogP contribution in [-0.4, -0.2) is 64.0 Å². The van der Waals surface area contributed by atoms with Crippen LogP contribution in [0.25, 0.3) is 0 Å². The standard InChI is InChI=1S/C17H31N3O3S/c1-12(24)19-10-7-17(5,8-11-19)18-14(21)13-6-9-20(13)15(22)23-16(2,3)4/h12-13,24H,6-11H2,1-5H3,(H,18,21). The first kappa shape index (κ1) is 19.4. The van der Waals surface area contributed by atoms with Crippen LogP contribution >= 0.6 is 12.6 Å². The summed E-state index contributed by atoms with van der Waals surface area (Å²) in [5, 5.41) is 3.40. The fourth-order valence-corrected chi connectivity index (χ4v) is 3.33. The molecule has 2 atom stereocenters. The molecule has 2 aliphatic rings. The van der Waals surface area contributed by atoms with Crippen LogP contribution in [0.5, 0.6) is 0 Å². The molecule has 0 bridgehead atoms. The van der Waals surface area contributed by atoms with Gasteiger partial charge in [0.15, 0.2) is 0 Å². The third-order valence-corrected chi connectivity index (χ3v) is 5.13. The van der Waals surface area contributed by atoms with E-state index in [0.29, 0.717) is 13.0 Å². The molecule has 2 heterocycles. The summed E-state index contributed by atoms with van der Waals surface area (Å²) in [5.74, 6) is -0.0676. The number of rotatable bonds is 3. The quantitative estimate of drug-likeness (QED) is 0.761. The Kier molecular flexibility index (Phi) is 5.75. The molecule has 7 heteroatoms. The minimum absolute atomic E-state index is 0.0676. The predicted molar refractivity (Wildman–Crippen MR) is 97.1 cm³/mol. The van der Waals surface area contributed by atoms with Crippen LogP contribution in [0.2, 0.25) is 0 Å². The van der Waals surface area contributed by atoms with E-state index in [2.05, 4.69) is 36.7 Å². The first-order valence-electron chi connectivity index (χ1n) is 8.74. The molecule has 6 nitrogen and oxygen atoms in total. The van der Waals surface area contributed by atoms with Gasteiger partial charge in [-0.1, -0.05) is 0 Å². The highest BCUT2D eigenvalue weighted by atomic mass is 32.1. The maximum atomic E-state index is 12.6. The number of carbonyl (C=O) groups is 2. The normalized spacial score (nSPS) is 25.6. The van der Waals surface area contributed by atoms with Crippen LogP contribution in [-0.2, 0) is 9.53 Å². The second-order valence-electron chi connectivity index (χ2n) is 8.20. The monoisotopic (exact) mass is 357 g/mol. The van der Waals surface area contributed by atoms with E-state index in [1.165, 1.54) is 4.90 Å². The Bertz CT molecular complexity index is 482. The van der Waals surface area contributed by atoms with E-state index in [1.807, 2.05) is 20.8 Å². The lowest BCUT2D eigenvalue weighted by atomic mass is 9.88. The fraction of sp³-hybridized carbons (Fsp3) is 0.882. The van der Waals surface area contributed by atoms with Gasteiger partial charge in [0.1, 0.15) is 11.6 Å². The highest BCUT2D eigenvalue weighted by molar-refractivity contribution is 7.80. The molecule has 0 aliphatic carbocycles. The molecule has 138 valence electrons. The van der Waals surface area contributed by atoms with Gasteiger partial charge in [0, 0.05) is 30.5 Å². The Morgan fingerprint density at radius 2 is 1.83 bits per heavy atom. The zero-order valence-corrected chi connectivity index (χ0v) is 16.4. The molecule has 0 aromatic carbocycles. The summed E-state index contributed by atoms with van der Waals surface area (Å²) in [5.41, 5.74) is -0.762. The minimum Gasteiger partial charge on any atom is -0.444 e. The number of hydrogen-bond donors (Lipinski definition) is 2. The van der Waals surface area contributed by atoms with Gasteiger partial charge in [-0.3, -0.25) is 14.6 Å². The van der Waals surface area contributed by atoms with Gasteiger partial charge in [-0.2, -0.15) is 12.6 Å². The van der Waals surface area contributed by atoms with Gasteiger partial charge in [-0.15, -0.1) is 0 Å². The van der Waals surface area contributed by atoms with Crippen LogP contribution in [0, 0.1) is 0 Å². The number of ether oxygens (including phenoxy) is 1. The van der Waals surface area contributed by atoms with E-state index in [0.717, 1.165) is 25.9 Å². The van der Waals surface area contributed by atoms with Crippen molar-refractivity contribution >= 4 is 24.6 Å². The van der Waals surface area contributed by atoms with Crippen molar-refractivity contribution in [1.82, 2.24) is 15.1 Å². The van der Waals surface area contributed by atoms with Gasteiger partial charge < -0.3 is 10.1 Å². The Morgan fingerprint density at radius 3 is 2.25 bits per heavy atom. The van der Waals surface area contributed by atoms with Gasteiger partial charge in [0.2, 0.25) is 5.91 Å². The first-order chi connectivity index (χ1) is 11.0. The van der Waals surface area contributed by atoms with E-state index in [-0.39, 0.29) is 16.8 Å². The summed E-state index contributed by atoms with van der Waals surface area (Å²) < 4.78 is 5.37. The maximum absolute atomic E-state index is 12.6. The van der Waals surface area contributed by atoms with Crippen molar-refractivity contribution in [3.8, 4) is 0 Å². The van der Waals surface area contributed by atoms with E-state index >= 15 is 0 Å². The Morgan fingerprint density at radius 1 is 1.25 bits per heavy atom. The lowest BCUT2D eigenvalue weighted by molar-refractivity contribution is -0.133. The van der Waals surface area contributed by atoms with Gasteiger partial charge >= 0.3 is 6.09 Å². The number of amides is 2. The SMILES string of the molecule is CC(S)N1CCC(C)(NC(=O)C2CCN2C(=O)OC(C)(C)C)CC1. The number of nitrogens with zero attached hydrogens (tertiary/aromatic N) is 2. The smallest absolute Gasteiger partial charge is 0.410 e. The van der Waals surface area contributed by atoms with Crippen molar-refractivity contribution in [3.05, 3.63) is 0 Å². The molecule has 0 saturated carbocycles. The van der Waals surface area contributed by atoms with Gasteiger partial charge in [-0.05, 0) is 53.9 Å². The topological polar surface area (TPSA) is 61.9 Å². The van der Waals surface area contributed by atoms with Crippen LogP contribution < -0.4 is 5.32 Å². The molecule has 0 aromatic rings. The molecular formula is C17H31N3O3S. The number of hydrogen-bond acceptors (Lipinski definition) is 5. The van der Waals surface area contributed by atoms with Crippen molar-refractivity contribution in [2.75, 3.05) is 19.6 Å². The van der Waals surface area contributed by atoms with Gasteiger partial charge in [0.25, 0.3) is 0 Å². The predicted octanol–water partition coefficient (Wildman–Crippen LogP) is 2.24. The molecule has 2 fully saturated rings. The lowest BCUT2D eigenvalue weighted by Crippen LogP contribution is -2.63. The van der Waals surface area contributed by atoms with Crippen molar-refractivity contribution in [2.45, 2.75) is 76.4 Å². The zero-order valence-electron chi connectivity index (χ0n) is 15.5. The summed E-state index contributed by atoms with van der Waals surface area (Å²) in [6.07, 6.45) is 2.07. The molecule has 2 unspecified atom stereocenters. The van der Waals surface area contributed by atoms with Crippen molar-refractivity contribution < 1.29 is 14.3 Å². The summed E-state index contributed by atoms with van der Waals surface area (Å²) in [7, 11) is 0. The summed E-state index contributed by atoms with van der Waals surface area (Å²) in [6, 6.07) is -0.404. The molecule has 2 aliphatic heterocycles. The molecule has 0 radical (unpaired) electrons. The van der Waals surface area contributed by atoms with Crippen LogP contribution in [0.15, 0.2) is 0 Å². The Hall–Kier alpha value is -0.950. The highest BCUT2D eigenvalue weighted by Gasteiger charge is 2.42. The van der Waals surface area contributed by atoms with Crippen LogP contribution in [0.1, 0.15) is 53.9 Å². The van der Waals surface area contributed by atoms with Gasteiger partial charge in [0.05, 0.1) is 0 Å². The zero-order chi connectivity index (χ0) is 18.1. The molecule has 2 saturated heterocycles. The summed E-state index contributed by atoms with van der Waals surface area (Å²) in [6.45, 7) is 12.1. The highest BCUT2D eigenvalue weighted by Crippen LogP contribution is 2.26. The van der Waals surface area contributed by atoms with E-state index in [9.17, 15) is 9.59 Å². The summed E-state index contributed by atoms with van der Waals surface area (Å²) in [4.78, 5) is 28.6. The average molecular weight is 358 g/mol. The minimum atomic E-state index is -0.546. The largest absolute Gasteiger partial charge is 0.444 e. The average Bonchev–Trinajstić information content (AvgIpc) is 2.34. The number of nitrogens with one attached hydrogen (secondary N) is 1. The van der Waals surface area contributed by atoms with Crippen LogP contribution in [0.4, 0.5) is 4.79 Å². The molecule has 2 rings (SSSR count). The number of carbonyl (C=O) groups excluding carboxylic acids is 2. The third kappa shape index (κ3) is 4.79. The Labute approximate surface area is 150 Å². The number of thiol groups is 1. The summed E-state index contributed by atoms with van der Waals surface area (Å²) >= 11 is 4.47. The maximum Gasteiger partial charge on any atom is 0.410 e. The Balaban J connectivity index is 1.87. The molecule has 2 amide bonds. The van der Waals surface area contributed by atoms with E-state index in [1.54, 1.807) is 0 Å². The van der Waals surface area contributed by atoms with Crippen LogP contribution in [0.3, 0.4) is 0 Å². The van der Waals surface area contributed by atoms with Gasteiger partial charge in [-0.25, -0.2) is 4.79 Å². The number of likely N-dealkylation sites (tertiary alicyclic amines) is 2. The second kappa shape index (κ2) is 7.12. The molecular weight excluding hydrogens is 326 g/mol.